The van der Waals surface area contributed by atoms with Gasteiger partial charge < -0.3 is 5.73 Å². The SMILES string of the molecule is Cc1ccc(NS(=O)(=O)c2cccc(CN)c2)c(C)c1. The topological polar surface area (TPSA) is 72.2 Å². The predicted molar refractivity (Wildman–Crippen MR) is 81.1 cm³/mol. The van der Waals surface area contributed by atoms with Crippen LogP contribution in [0.5, 0.6) is 0 Å². The van der Waals surface area contributed by atoms with Gasteiger partial charge in [-0.15, -0.1) is 0 Å². The molecule has 0 unspecified atom stereocenters. The molecule has 2 rings (SSSR count). The minimum atomic E-state index is -3.59. The minimum absolute atomic E-state index is 0.223. The number of aryl methyl sites for hydroxylation is 2. The molecular formula is C15H18N2O2S. The van der Waals surface area contributed by atoms with Gasteiger partial charge in [-0.1, -0.05) is 29.8 Å². The van der Waals surface area contributed by atoms with Crippen LogP contribution in [0, 0.1) is 13.8 Å². The monoisotopic (exact) mass is 290 g/mol. The molecule has 0 saturated heterocycles. The van der Waals surface area contributed by atoms with Crippen LogP contribution in [0.3, 0.4) is 0 Å². The lowest BCUT2D eigenvalue weighted by Crippen LogP contribution is -2.14. The van der Waals surface area contributed by atoms with E-state index in [1.807, 2.05) is 26.0 Å². The van der Waals surface area contributed by atoms with Crippen molar-refractivity contribution in [2.75, 3.05) is 4.72 Å². The van der Waals surface area contributed by atoms with Crippen molar-refractivity contribution in [2.24, 2.45) is 5.73 Å². The predicted octanol–water partition coefficient (Wildman–Crippen LogP) is 2.56. The molecule has 0 radical (unpaired) electrons. The molecule has 5 heteroatoms. The lowest BCUT2D eigenvalue weighted by molar-refractivity contribution is 0.601. The number of nitrogens with two attached hydrogens (primary N) is 1. The van der Waals surface area contributed by atoms with Gasteiger partial charge in [-0.3, -0.25) is 4.72 Å². The van der Waals surface area contributed by atoms with Crippen LogP contribution in [0.15, 0.2) is 47.4 Å². The van der Waals surface area contributed by atoms with E-state index in [0.29, 0.717) is 12.2 Å². The standard InChI is InChI=1S/C15H18N2O2S/c1-11-6-7-15(12(2)8-11)17-20(18,19)14-5-3-4-13(9-14)10-16/h3-9,17H,10,16H2,1-2H3. The van der Waals surface area contributed by atoms with Gasteiger partial charge in [0.15, 0.2) is 0 Å². The first-order valence-electron chi connectivity index (χ1n) is 6.31. The minimum Gasteiger partial charge on any atom is -0.326 e. The molecule has 106 valence electrons. The molecular weight excluding hydrogens is 272 g/mol. The Hall–Kier alpha value is -1.85. The molecule has 0 aromatic heterocycles. The van der Waals surface area contributed by atoms with Crippen LogP contribution >= 0.6 is 0 Å². The summed E-state index contributed by atoms with van der Waals surface area (Å²) in [7, 11) is -3.59. The first kappa shape index (κ1) is 14.6. The number of anilines is 1. The average molecular weight is 290 g/mol. The van der Waals surface area contributed by atoms with Crippen molar-refractivity contribution in [3.63, 3.8) is 0 Å². The third-order valence-corrected chi connectivity index (χ3v) is 4.43. The van der Waals surface area contributed by atoms with Crippen LogP contribution in [-0.2, 0) is 16.6 Å². The van der Waals surface area contributed by atoms with E-state index in [2.05, 4.69) is 4.72 Å². The second-order valence-electron chi connectivity index (χ2n) is 4.78. The Morgan fingerprint density at radius 3 is 2.50 bits per heavy atom. The van der Waals surface area contributed by atoms with Crippen LogP contribution in [-0.4, -0.2) is 8.42 Å². The lowest BCUT2D eigenvalue weighted by Gasteiger charge is -2.11. The van der Waals surface area contributed by atoms with Gasteiger partial charge in [-0.05, 0) is 43.2 Å². The summed E-state index contributed by atoms with van der Waals surface area (Å²) in [4.78, 5) is 0.223. The quantitative estimate of drug-likeness (QED) is 0.909. The molecule has 0 saturated carbocycles. The van der Waals surface area contributed by atoms with Crippen molar-refractivity contribution >= 4 is 15.7 Å². The number of hydrogen-bond acceptors (Lipinski definition) is 3. The van der Waals surface area contributed by atoms with Gasteiger partial charge >= 0.3 is 0 Å². The molecule has 0 fully saturated rings. The molecule has 0 aliphatic heterocycles. The van der Waals surface area contributed by atoms with Crippen LogP contribution in [0.2, 0.25) is 0 Å². The van der Waals surface area contributed by atoms with E-state index in [-0.39, 0.29) is 4.90 Å². The Bertz CT molecular complexity index is 724. The highest BCUT2D eigenvalue weighted by molar-refractivity contribution is 7.92. The Morgan fingerprint density at radius 1 is 1.10 bits per heavy atom. The van der Waals surface area contributed by atoms with Gasteiger partial charge in [-0.2, -0.15) is 0 Å². The Kier molecular flexibility index (Phi) is 4.11. The first-order chi connectivity index (χ1) is 9.42. The highest BCUT2D eigenvalue weighted by Gasteiger charge is 2.15. The molecule has 2 aromatic rings. The maximum Gasteiger partial charge on any atom is 0.261 e. The molecule has 0 atom stereocenters. The van der Waals surface area contributed by atoms with Crippen molar-refractivity contribution in [3.8, 4) is 0 Å². The number of rotatable bonds is 4. The zero-order valence-electron chi connectivity index (χ0n) is 11.6. The van der Waals surface area contributed by atoms with Gasteiger partial charge in [0, 0.05) is 6.54 Å². The molecule has 2 aromatic carbocycles. The van der Waals surface area contributed by atoms with E-state index in [4.69, 9.17) is 5.73 Å². The maximum absolute atomic E-state index is 12.4. The molecule has 0 heterocycles. The third-order valence-electron chi connectivity index (χ3n) is 3.07. The van der Waals surface area contributed by atoms with Crippen LogP contribution in [0.25, 0.3) is 0 Å². The van der Waals surface area contributed by atoms with E-state index in [1.165, 1.54) is 0 Å². The maximum atomic E-state index is 12.4. The summed E-state index contributed by atoms with van der Waals surface area (Å²) in [5.74, 6) is 0. The highest BCUT2D eigenvalue weighted by Crippen LogP contribution is 2.21. The molecule has 20 heavy (non-hydrogen) atoms. The molecule has 0 bridgehead atoms. The van der Waals surface area contributed by atoms with Crippen LogP contribution < -0.4 is 10.5 Å². The van der Waals surface area contributed by atoms with Crippen molar-refractivity contribution in [1.82, 2.24) is 0 Å². The molecule has 0 aliphatic carbocycles. The largest absolute Gasteiger partial charge is 0.326 e. The summed E-state index contributed by atoms with van der Waals surface area (Å²) in [5.41, 5.74) is 8.90. The van der Waals surface area contributed by atoms with Gasteiger partial charge in [0.2, 0.25) is 0 Å². The summed E-state index contributed by atoms with van der Waals surface area (Å²) < 4.78 is 27.3. The third kappa shape index (κ3) is 3.18. The van der Waals surface area contributed by atoms with Crippen molar-refractivity contribution < 1.29 is 8.42 Å². The second-order valence-corrected chi connectivity index (χ2v) is 6.46. The highest BCUT2D eigenvalue weighted by atomic mass is 32.2. The average Bonchev–Trinajstić information content (AvgIpc) is 2.42. The normalized spacial score (nSPS) is 11.3. The van der Waals surface area contributed by atoms with E-state index in [1.54, 1.807) is 30.3 Å². The van der Waals surface area contributed by atoms with E-state index in [9.17, 15) is 8.42 Å². The number of hydrogen-bond donors (Lipinski definition) is 2. The van der Waals surface area contributed by atoms with Crippen LogP contribution in [0.4, 0.5) is 5.69 Å². The van der Waals surface area contributed by atoms with Crippen molar-refractivity contribution in [1.29, 1.82) is 0 Å². The van der Waals surface area contributed by atoms with Gasteiger partial charge in [0.1, 0.15) is 0 Å². The summed E-state index contributed by atoms with van der Waals surface area (Å²) in [6, 6.07) is 12.2. The Labute approximate surface area is 119 Å². The summed E-state index contributed by atoms with van der Waals surface area (Å²) in [5, 5.41) is 0. The number of sulfonamides is 1. The smallest absolute Gasteiger partial charge is 0.261 e. The van der Waals surface area contributed by atoms with Crippen molar-refractivity contribution in [3.05, 3.63) is 59.2 Å². The fraction of sp³-hybridized carbons (Fsp3) is 0.200. The number of benzene rings is 2. The zero-order chi connectivity index (χ0) is 14.8. The Balaban J connectivity index is 2.35. The van der Waals surface area contributed by atoms with Gasteiger partial charge in [0.05, 0.1) is 10.6 Å². The fourth-order valence-electron chi connectivity index (χ4n) is 1.97. The van der Waals surface area contributed by atoms with E-state index < -0.39 is 10.0 Å². The first-order valence-corrected chi connectivity index (χ1v) is 7.80. The van der Waals surface area contributed by atoms with Crippen LogP contribution in [0.1, 0.15) is 16.7 Å². The zero-order valence-corrected chi connectivity index (χ0v) is 12.4. The van der Waals surface area contributed by atoms with Gasteiger partial charge in [0.25, 0.3) is 10.0 Å². The van der Waals surface area contributed by atoms with Gasteiger partial charge in [-0.25, -0.2) is 8.42 Å². The summed E-state index contributed by atoms with van der Waals surface area (Å²) in [6.07, 6.45) is 0. The van der Waals surface area contributed by atoms with E-state index >= 15 is 0 Å². The molecule has 0 aliphatic rings. The lowest BCUT2D eigenvalue weighted by atomic mass is 10.1. The Morgan fingerprint density at radius 2 is 1.85 bits per heavy atom. The molecule has 0 amide bonds. The number of nitrogens with one attached hydrogen (secondary N) is 1. The molecule has 4 nitrogen and oxygen atoms in total. The van der Waals surface area contributed by atoms with Crippen molar-refractivity contribution in [2.45, 2.75) is 25.3 Å². The summed E-state index contributed by atoms with van der Waals surface area (Å²) >= 11 is 0. The summed E-state index contributed by atoms with van der Waals surface area (Å²) in [6.45, 7) is 4.16. The molecule has 0 spiro atoms. The van der Waals surface area contributed by atoms with E-state index in [0.717, 1.165) is 16.7 Å². The molecule has 3 N–H and O–H groups in total. The fourth-order valence-corrected chi connectivity index (χ4v) is 3.17. The second kappa shape index (κ2) is 5.64.